The Morgan fingerprint density at radius 1 is 0.647 bits per heavy atom. The average Bonchev–Trinajstić information content (AvgIpc) is 2.78. The highest BCUT2D eigenvalue weighted by atomic mass is 16.7. The van der Waals surface area contributed by atoms with Crippen LogP contribution >= 0.6 is 0 Å². The molecule has 8 fully saturated rings. The van der Waals surface area contributed by atoms with Crippen LogP contribution in [0.2, 0.25) is 0 Å². The van der Waals surface area contributed by atoms with Crippen molar-refractivity contribution < 1.29 is 19.1 Å². The van der Waals surface area contributed by atoms with E-state index in [1.54, 1.807) is 0 Å². The number of carbonyl (C=O) groups is 2. The quantitative estimate of drug-likeness (QED) is 0.380. The van der Waals surface area contributed by atoms with E-state index in [-0.39, 0.29) is 22.8 Å². The molecule has 8 aliphatic carbocycles. The maximum Gasteiger partial charge on any atom is 0.315 e. The molecule has 0 saturated heterocycles. The van der Waals surface area contributed by atoms with Gasteiger partial charge in [-0.15, -0.1) is 0 Å². The molecule has 0 aliphatic heterocycles. The van der Waals surface area contributed by atoms with E-state index in [1.807, 2.05) is 30.3 Å². The van der Waals surface area contributed by atoms with E-state index in [2.05, 4.69) is 0 Å². The molecule has 8 aliphatic rings. The maximum atomic E-state index is 13.7. The molecular weight excluding hydrogens is 424 g/mol. The van der Waals surface area contributed by atoms with E-state index in [0.717, 1.165) is 44.1 Å². The monoisotopic (exact) mass is 462 g/mol. The maximum absolute atomic E-state index is 13.7. The first-order valence-corrected chi connectivity index (χ1v) is 13.9. The van der Waals surface area contributed by atoms with Gasteiger partial charge in [0.1, 0.15) is 0 Å². The molecule has 182 valence electrons. The highest BCUT2D eigenvalue weighted by Gasteiger charge is 2.58. The van der Waals surface area contributed by atoms with Gasteiger partial charge in [-0.05, 0) is 118 Å². The molecule has 1 aromatic carbocycles. The minimum atomic E-state index is -0.816. The van der Waals surface area contributed by atoms with Gasteiger partial charge in [-0.1, -0.05) is 30.3 Å². The Morgan fingerprint density at radius 3 is 1.35 bits per heavy atom. The van der Waals surface area contributed by atoms with Crippen LogP contribution in [0.15, 0.2) is 30.3 Å². The second kappa shape index (κ2) is 7.83. The van der Waals surface area contributed by atoms with E-state index in [9.17, 15) is 9.59 Å². The zero-order valence-corrected chi connectivity index (χ0v) is 20.3. The minimum absolute atomic E-state index is 0.0918. The van der Waals surface area contributed by atoms with Crippen LogP contribution in [-0.2, 0) is 25.5 Å². The lowest BCUT2D eigenvalue weighted by Crippen LogP contribution is -2.53. The fraction of sp³-hybridized carbons (Fsp3) is 0.733. The zero-order chi connectivity index (χ0) is 22.9. The normalized spacial score (nSPS) is 44.1. The Labute approximate surface area is 203 Å². The molecule has 0 atom stereocenters. The van der Waals surface area contributed by atoms with Crippen molar-refractivity contribution >= 4 is 11.9 Å². The first-order valence-electron chi connectivity index (χ1n) is 13.9. The number of carbonyl (C=O) groups excluding carboxylic acids is 2. The molecule has 4 heteroatoms. The van der Waals surface area contributed by atoms with Gasteiger partial charge in [-0.2, -0.15) is 0 Å². The lowest BCUT2D eigenvalue weighted by Gasteiger charge is -2.55. The predicted molar refractivity (Wildman–Crippen MR) is 127 cm³/mol. The van der Waals surface area contributed by atoms with E-state index >= 15 is 0 Å². The van der Waals surface area contributed by atoms with Crippen LogP contribution in [-0.4, -0.2) is 18.2 Å². The predicted octanol–water partition coefficient (Wildman–Crippen LogP) is 6.07. The molecule has 0 unspecified atom stereocenters. The third-order valence-electron chi connectivity index (χ3n) is 10.7. The van der Waals surface area contributed by atoms with Crippen molar-refractivity contribution in [2.24, 2.45) is 46.3 Å². The zero-order valence-electron chi connectivity index (χ0n) is 20.3. The summed E-state index contributed by atoms with van der Waals surface area (Å²) in [6.45, 7) is 0. The van der Waals surface area contributed by atoms with Crippen molar-refractivity contribution in [3.05, 3.63) is 35.9 Å². The number of rotatable bonds is 6. The molecule has 0 N–H and O–H groups in total. The number of benzene rings is 1. The Kier molecular flexibility index (Phi) is 4.94. The fourth-order valence-corrected chi connectivity index (χ4v) is 10.1. The summed E-state index contributed by atoms with van der Waals surface area (Å²) in [6.07, 6.45) is 13.2. The molecule has 8 saturated carbocycles. The Morgan fingerprint density at radius 2 is 1.00 bits per heavy atom. The molecule has 4 nitrogen and oxygen atoms in total. The lowest BCUT2D eigenvalue weighted by molar-refractivity contribution is -0.215. The van der Waals surface area contributed by atoms with Crippen LogP contribution in [0.3, 0.4) is 0 Å². The average molecular weight is 463 g/mol. The largest absolute Gasteiger partial charge is 0.424 e. The van der Waals surface area contributed by atoms with Gasteiger partial charge in [0, 0.05) is 6.42 Å². The summed E-state index contributed by atoms with van der Waals surface area (Å²) in [6, 6.07) is 10.0. The van der Waals surface area contributed by atoms with E-state index < -0.39 is 6.29 Å². The van der Waals surface area contributed by atoms with Crippen LogP contribution in [0.4, 0.5) is 0 Å². The molecule has 0 radical (unpaired) electrons. The second-order valence-electron chi connectivity index (χ2n) is 13.3. The van der Waals surface area contributed by atoms with Gasteiger partial charge in [-0.25, -0.2) is 0 Å². The first kappa shape index (κ1) is 21.4. The summed E-state index contributed by atoms with van der Waals surface area (Å²) in [5.41, 5.74) is 0.372. The van der Waals surface area contributed by atoms with E-state index in [1.165, 1.54) is 38.5 Å². The summed E-state index contributed by atoms with van der Waals surface area (Å²) >= 11 is 0. The number of hydrogen-bond acceptors (Lipinski definition) is 4. The van der Waals surface area contributed by atoms with Crippen LogP contribution in [0.1, 0.15) is 82.6 Å². The smallest absolute Gasteiger partial charge is 0.315 e. The van der Waals surface area contributed by atoms with Gasteiger partial charge >= 0.3 is 11.9 Å². The summed E-state index contributed by atoms with van der Waals surface area (Å²) in [4.78, 5) is 27.4. The van der Waals surface area contributed by atoms with Crippen molar-refractivity contribution in [3.8, 4) is 0 Å². The highest BCUT2D eigenvalue weighted by Crippen LogP contribution is 2.62. The van der Waals surface area contributed by atoms with Crippen molar-refractivity contribution in [1.82, 2.24) is 0 Å². The van der Waals surface area contributed by atoms with Crippen LogP contribution < -0.4 is 0 Å². The van der Waals surface area contributed by atoms with Crippen molar-refractivity contribution in [2.45, 2.75) is 89.8 Å². The summed E-state index contributed by atoms with van der Waals surface area (Å²) < 4.78 is 12.4. The topological polar surface area (TPSA) is 52.6 Å². The van der Waals surface area contributed by atoms with Crippen molar-refractivity contribution in [3.63, 3.8) is 0 Å². The van der Waals surface area contributed by atoms with Crippen molar-refractivity contribution in [1.29, 1.82) is 0 Å². The summed E-state index contributed by atoms with van der Waals surface area (Å²) in [5, 5.41) is 0. The van der Waals surface area contributed by atoms with Gasteiger partial charge in [-0.3, -0.25) is 9.59 Å². The Hall–Kier alpha value is -1.84. The molecule has 8 bridgehead atoms. The third-order valence-corrected chi connectivity index (χ3v) is 10.7. The molecule has 9 rings (SSSR count). The van der Waals surface area contributed by atoms with Crippen LogP contribution in [0.5, 0.6) is 0 Å². The molecule has 0 aromatic heterocycles. The van der Waals surface area contributed by atoms with Crippen LogP contribution in [0, 0.1) is 46.3 Å². The van der Waals surface area contributed by atoms with Gasteiger partial charge < -0.3 is 9.47 Å². The molecular formula is C30H38O4. The molecule has 0 amide bonds. The molecule has 0 heterocycles. The van der Waals surface area contributed by atoms with Crippen molar-refractivity contribution in [2.75, 3.05) is 0 Å². The fourth-order valence-electron chi connectivity index (χ4n) is 10.1. The minimum Gasteiger partial charge on any atom is -0.424 e. The van der Waals surface area contributed by atoms with Gasteiger partial charge in [0.25, 0.3) is 6.29 Å². The molecule has 1 aromatic rings. The Balaban J connectivity index is 1.11. The lowest BCUT2D eigenvalue weighted by atomic mass is 9.49. The van der Waals surface area contributed by atoms with Gasteiger partial charge in [0.05, 0.1) is 10.8 Å². The molecule has 34 heavy (non-hydrogen) atoms. The highest BCUT2D eigenvalue weighted by molar-refractivity contribution is 5.79. The van der Waals surface area contributed by atoms with E-state index in [0.29, 0.717) is 41.9 Å². The van der Waals surface area contributed by atoms with E-state index in [4.69, 9.17) is 9.47 Å². The Bertz CT molecular complexity index is 837. The summed E-state index contributed by atoms with van der Waals surface area (Å²) in [5.74, 6) is 3.90. The number of ether oxygens (including phenoxy) is 2. The standard InChI is InChI=1S/C30H38O4/c31-27(29-13-20-6-21(14-29)8-22(7-20)15-29)33-26(12-19-4-2-1-3-5-19)34-28(32)30-16-23-9-24(17-30)11-25(10-23)18-30/h1-5,20-26H,6-18H2. The summed E-state index contributed by atoms with van der Waals surface area (Å²) in [7, 11) is 0. The number of hydrogen-bond donors (Lipinski definition) is 0. The van der Waals surface area contributed by atoms with Gasteiger partial charge in [0.15, 0.2) is 0 Å². The second-order valence-corrected chi connectivity index (χ2v) is 13.3. The molecule has 0 spiro atoms. The van der Waals surface area contributed by atoms with Crippen LogP contribution in [0.25, 0.3) is 0 Å². The van der Waals surface area contributed by atoms with Gasteiger partial charge in [0.2, 0.25) is 0 Å². The SMILES string of the molecule is O=C(OC(Cc1ccccc1)OC(=O)C12CC3CC(CC(C3)C1)C2)C12CC3CC(CC(C3)C1)C2. The third kappa shape index (κ3) is 3.62. The first-order chi connectivity index (χ1) is 16.5. The number of esters is 2.